The summed E-state index contributed by atoms with van der Waals surface area (Å²) >= 11 is 0. The fourth-order valence-corrected chi connectivity index (χ4v) is 4.38. The highest BCUT2D eigenvalue weighted by Crippen LogP contribution is 2.32. The van der Waals surface area contributed by atoms with Gasteiger partial charge in [0.15, 0.2) is 0 Å². The number of amides is 4. The zero-order chi connectivity index (χ0) is 24.9. The van der Waals surface area contributed by atoms with E-state index in [-0.39, 0.29) is 29.9 Å². The van der Waals surface area contributed by atoms with Crippen LogP contribution in [0.3, 0.4) is 0 Å². The summed E-state index contributed by atoms with van der Waals surface area (Å²) in [5.74, 6) is 4.37. The Morgan fingerprint density at radius 3 is 2.57 bits per heavy atom. The van der Waals surface area contributed by atoms with Crippen molar-refractivity contribution in [2.45, 2.75) is 38.3 Å². The molecule has 0 saturated carbocycles. The Morgan fingerprint density at radius 1 is 1.11 bits per heavy atom. The molecule has 5 rings (SSSR count). The van der Waals surface area contributed by atoms with Crippen molar-refractivity contribution >= 4 is 35.6 Å². The topological polar surface area (TPSA) is 122 Å². The molecule has 2 saturated heterocycles. The fourth-order valence-electron chi connectivity index (χ4n) is 4.38. The zero-order valence-corrected chi connectivity index (χ0v) is 19.3. The Bertz CT molecular complexity index is 1340. The Balaban J connectivity index is 1.25. The summed E-state index contributed by atoms with van der Waals surface area (Å²) in [6.07, 6.45) is 4.42. The van der Waals surface area contributed by atoms with Crippen LogP contribution in [0.4, 0.5) is 5.69 Å². The maximum absolute atomic E-state index is 13.0. The van der Waals surface area contributed by atoms with Gasteiger partial charge in [0, 0.05) is 31.4 Å². The van der Waals surface area contributed by atoms with E-state index in [4.69, 9.17) is 0 Å². The van der Waals surface area contributed by atoms with Crippen LogP contribution in [0.25, 0.3) is 0 Å². The molecule has 178 valence electrons. The standard InChI is InChI=1S/C25H23N5O5/c1-25(2,14-31)29-13-15(10-26-29)3-4-16-11-28(12-16)17-5-6-18-19(9-17)24(35)30(23(18)34)20-7-8-21(32)27-22(20)33/h5-6,9-10,13-14,16,20H,7-8,11-12H2,1-2H3,(H,27,32,33). The second-order valence-corrected chi connectivity index (χ2v) is 9.49. The predicted octanol–water partition coefficient (Wildman–Crippen LogP) is 0.706. The molecule has 2 aromatic rings. The van der Waals surface area contributed by atoms with Gasteiger partial charge >= 0.3 is 0 Å². The van der Waals surface area contributed by atoms with Gasteiger partial charge in [0.2, 0.25) is 11.8 Å². The molecular formula is C25H23N5O5. The van der Waals surface area contributed by atoms with Crippen LogP contribution in [0, 0.1) is 17.8 Å². The van der Waals surface area contributed by atoms with Crippen LogP contribution in [0.5, 0.6) is 0 Å². The molecule has 4 heterocycles. The summed E-state index contributed by atoms with van der Waals surface area (Å²) in [6, 6.07) is 4.09. The number of imide groups is 2. The van der Waals surface area contributed by atoms with Gasteiger partial charge in [0.1, 0.15) is 17.9 Å². The maximum Gasteiger partial charge on any atom is 0.262 e. The van der Waals surface area contributed by atoms with Gasteiger partial charge in [0.25, 0.3) is 11.8 Å². The number of rotatable bonds is 4. The first-order valence-corrected chi connectivity index (χ1v) is 11.3. The van der Waals surface area contributed by atoms with Crippen LogP contribution >= 0.6 is 0 Å². The zero-order valence-electron chi connectivity index (χ0n) is 19.3. The fraction of sp³-hybridized carbons (Fsp3) is 0.360. The molecule has 35 heavy (non-hydrogen) atoms. The Labute approximate surface area is 201 Å². The van der Waals surface area contributed by atoms with Gasteiger partial charge < -0.3 is 9.69 Å². The highest BCUT2D eigenvalue weighted by molar-refractivity contribution is 6.23. The van der Waals surface area contributed by atoms with E-state index in [2.05, 4.69) is 27.2 Å². The highest BCUT2D eigenvalue weighted by Gasteiger charge is 2.45. The van der Waals surface area contributed by atoms with E-state index in [0.717, 1.165) is 22.4 Å². The highest BCUT2D eigenvalue weighted by atomic mass is 16.2. The Hall–Kier alpha value is -4.26. The average molecular weight is 473 g/mol. The molecule has 10 heteroatoms. The summed E-state index contributed by atoms with van der Waals surface area (Å²) < 4.78 is 1.58. The largest absolute Gasteiger partial charge is 0.369 e. The van der Waals surface area contributed by atoms with Gasteiger partial charge in [-0.3, -0.25) is 34.1 Å². The molecule has 1 aromatic heterocycles. The van der Waals surface area contributed by atoms with Gasteiger partial charge in [-0.2, -0.15) is 5.10 Å². The number of nitrogens with zero attached hydrogens (tertiary/aromatic N) is 4. The second-order valence-electron chi connectivity index (χ2n) is 9.49. The number of aromatic nitrogens is 2. The summed E-state index contributed by atoms with van der Waals surface area (Å²) in [5, 5.41) is 6.40. The van der Waals surface area contributed by atoms with Crippen LogP contribution in [0.2, 0.25) is 0 Å². The van der Waals surface area contributed by atoms with Crippen molar-refractivity contribution in [1.82, 2.24) is 20.0 Å². The van der Waals surface area contributed by atoms with E-state index in [9.17, 15) is 24.0 Å². The Kier molecular flexibility index (Phi) is 5.28. The lowest BCUT2D eigenvalue weighted by Crippen LogP contribution is -2.54. The molecule has 0 aliphatic carbocycles. The first-order chi connectivity index (χ1) is 16.7. The van der Waals surface area contributed by atoms with Crippen LogP contribution < -0.4 is 10.2 Å². The lowest BCUT2D eigenvalue weighted by Gasteiger charge is -2.38. The number of aldehydes is 1. The van der Waals surface area contributed by atoms with Gasteiger partial charge in [-0.15, -0.1) is 0 Å². The summed E-state index contributed by atoms with van der Waals surface area (Å²) in [4.78, 5) is 63.7. The van der Waals surface area contributed by atoms with Crippen molar-refractivity contribution in [3.05, 3.63) is 47.3 Å². The third kappa shape index (κ3) is 3.89. The third-order valence-electron chi connectivity index (χ3n) is 6.55. The molecule has 3 aliphatic rings. The van der Waals surface area contributed by atoms with E-state index >= 15 is 0 Å². The van der Waals surface area contributed by atoms with E-state index in [0.29, 0.717) is 13.1 Å². The van der Waals surface area contributed by atoms with Crippen molar-refractivity contribution in [2.75, 3.05) is 18.0 Å². The number of anilines is 1. The van der Waals surface area contributed by atoms with Crippen LogP contribution in [0.1, 0.15) is 53.0 Å². The van der Waals surface area contributed by atoms with Gasteiger partial charge in [-0.05, 0) is 38.5 Å². The number of hydrogen-bond acceptors (Lipinski definition) is 7. The molecule has 0 spiro atoms. The molecule has 4 amide bonds. The average Bonchev–Trinajstić information content (AvgIpc) is 3.37. The minimum absolute atomic E-state index is 0.0842. The summed E-state index contributed by atoms with van der Waals surface area (Å²) in [7, 11) is 0. The van der Waals surface area contributed by atoms with Crippen molar-refractivity contribution in [2.24, 2.45) is 5.92 Å². The maximum atomic E-state index is 13.0. The minimum atomic E-state index is -0.978. The van der Waals surface area contributed by atoms with E-state index in [1.165, 1.54) is 0 Å². The number of piperidine rings is 1. The molecule has 1 atom stereocenters. The van der Waals surface area contributed by atoms with Gasteiger partial charge in [-0.25, -0.2) is 0 Å². The SMILES string of the molecule is CC(C)(C=O)n1cc(C#CC2CN(c3ccc4c(c3)C(=O)N(C3CCC(=O)NC3=O)C4=O)C2)cn1. The molecule has 2 fully saturated rings. The molecule has 10 nitrogen and oxygen atoms in total. The number of carbonyl (C=O) groups excluding carboxylic acids is 5. The van der Waals surface area contributed by atoms with Gasteiger partial charge in [-0.1, -0.05) is 11.8 Å². The minimum Gasteiger partial charge on any atom is -0.369 e. The first kappa shape index (κ1) is 22.5. The number of hydrogen-bond donors (Lipinski definition) is 1. The van der Waals surface area contributed by atoms with Crippen molar-refractivity contribution < 1.29 is 24.0 Å². The molecule has 1 N–H and O–H groups in total. The predicted molar refractivity (Wildman–Crippen MR) is 123 cm³/mol. The molecule has 3 aliphatic heterocycles. The third-order valence-corrected chi connectivity index (χ3v) is 6.55. The quantitative estimate of drug-likeness (QED) is 0.394. The second kappa shape index (κ2) is 8.20. The number of carbonyl (C=O) groups is 5. The summed E-state index contributed by atoms with van der Waals surface area (Å²) in [6.45, 7) is 4.87. The smallest absolute Gasteiger partial charge is 0.262 e. The van der Waals surface area contributed by atoms with Crippen molar-refractivity contribution in [3.8, 4) is 11.8 Å². The monoisotopic (exact) mass is 473 g/mol. The number of benzene rings is 1. The lowest BCUT2D eigenvalue weighted by molar-refractivity contribution is -0.136. The first-order valence-electron chi connectivity index (χ1n) is 11.3. The normalized spacial score (nSPS) is 20.2. The van der Waals surface area contributed by atoms with Crippen molar-refractivity contribution in [1.29, 1.82) is 0 Å². The Morgan fingerprint density at radius 2 is 1.86 bits per heavy atom. The van der Waals surface area contributed by atoms with Crippen LogP contribution in [0.15, 0.2) is 30.6 Å². The molecule has 1 unspecified atom stereocenters. The van der Waals surface area contributed by atoms with E-state index in [1.54, 1.807) is 49.1 Å². The van der Waals surface area contributed by atoms with Crippen LogP contribution in [-0.4, -0.2) is 63.7 Å². The van der Waals surface area contributed by atoms with Crippen LogP contribution in [-0.2, 0) is 19.9 Å². The number of nitrogens with one attached hydrogen (secondary N) is 1. The molecule has 0 bridgehead atoms. The summed E-state index contributed by atoms with van der Waals surface area (Å²) in [5.41, 5.74) is 1.32. The van der Waals surface area contributed by atoms with Crippen molar-refractivity contribution in [3.63, 3.8) is 0 Å². The van der Waals surface area contributed by atoms with E-state index in [1.807, 2.05) is 0 Å². The van der Waals surface area contributed by atoms with Gasteiger partial charge in [0.05, 0.1) is 28.8 Å². The lowest BCUT2D eigenvalue weighted by atomic mass is 9.98. The molecule has 1 aromatic carbocycles. The van der Waals surface area contributed by atoms with E-state index < -0.39 is 35.2 Å². The molecule has 0 radical (unpaired) electrons. The number of fused-ring (bicyclic) bond motifs is 1. The molecular weight excluding hydrogens is 450 g/mol.